The van der Waals surface area contributed by atoms with Gasteiger partial charge in [-0.2, -0.15) is 0 Å². The van der Waals surface area contributed by atoms with E-state index in [2.05, 4.69) is 4.72 Å². The molecule has 6 nitrogen and oxygen atoms in total. The van der Waals surface area contributed by atoms with Gasteiger partial charge in [0.15, 0.2) is 0 Å². The third-order valence-corrected chi connectivity index (χ3v) is 5.75. The van der Waals surface area contributed by atoms with Gasteiger partial charge in [0.05, 0.1) is 10.6 Å². The van der Waals surface area contributed by atoms with Gasteiger partial charge in [0.1, 0.15) is 0 Å². The number of hydrogen-bond donors (Lipinski definition) is 2. The molecule has 7 heteroatoms. The fraction of sp³-hybridized carbons (Fsp3) is 0.350. The van der Waals surface area contributed by atoms with Crippen LogP contribution < -0.4 is 10.5 Å². The van der Waals surface area contributed by atoms with Crippen molar-refractivity contribution in [2.24, 2.45) is 11.1 Å². The van der Waals surface area contributed by atoms with Gasteiger partial charge < -0.3 is 10.6 Å². The molecule has 0 saturated carbocycles. The quantitative estimate of drug-likeness (QED) is 0.761. The molecule has 0 aliphatic rings. The van der Waals surface area contributed by atoms with Crippen LogP contribution in [-0.2, 0) is 10.0 Å². The Morgan fingerprint density at radius 1 is 1.11 bits per heavy atom. The van der Waals surface area contributed by atoms with Gasteiger partial charge >= 0.3 is 0 Å². The first-order valence-electron chi connectivity index (χ1n) is 8.70. The van der Waals surface area contributed by atoms with Crippen LogP contribution in [0, 0.1) is 12.3 Å². The average Bonchev–Trinajstić information content (AvgIpc) is 2.62. The van der Waals surface area contributed by atoms with Gasteiger partial charge in [0.2, 0.25) is 0 Å². The minimum absolute atomic E-state index is 0.104. The van der Waals surface area contributed by atoms with Crippen molar-refractivity contribution in [2.45, 2.75) is 25.7 Å². The van der Waals surface area contributed by atoms with Crippen LogP contribution in [0.4, 0.5) is 5.69 Å². The Morgan fingerprint density at radius 3 is 2.26 bits per heavy atom. The average molecular weight is 390 g/mol. The minimum Gasteiger partial charge on any atom is -0.341 e. The molecule has 0 unspecified atom stereocenters. The van der Waals surface area contributed by atoms with Crippen molar-refractivity contribution in [3.63, 3.8) is 0 Å². The zero-order valence-corrected chi connectivity index (χ0v) is 17.0. The molecule has 0 aliphatic carbocycles. The SMILES string of the molecule is Cc1ccccc1NS(=O)(=O)c1ccc(C(=O)N(C)CC(C)(C)CN)cc1. The highest BCUT2D eigenvalue weighted by molar-refractivity contribution is 7.92. The normalized spacial score (nSPS) is 11.9. The number of nitrogens with two attached hydrogens (primary N) is 1. The number of nitrogens with zero attached hydrogens (tertiary/aromatic N) is 1. The van der Waals surface area contributed by atoms with Gasteiger partial charge in [0, 0.05) is 19.2 Å². The maximum atomic E-state index is 12.6. The first-order chi connectivity index (χ1) is 12.6. The summed E-state index contributed by atoms with van der Waals surface area (Å²) in [4.78, 5) is 14.3. The lowest BCUT2D eigenvalue weighted by Gasteiger charge is -2.29. The largest absolute Gasteiger partial charge is 0.341 e. The van der Waals surface area contributed by atoms with Gasteiger partial charge in [0.25, 0.3) is 15.9 Å². The molecule has 2 rings (SSSR count). The highest BCUT2D eigenvalue weighted by atomic mass is 32.2. The molecule has 0 atom stereocenters. The van der Waals surface area contributed by atoms with Crippen molar-refractivity contribution in [2.75, 3.05) is 24.9 Å². The van der Waals surface area contributed by atoms with Crippen LogP contribution in [0.15, 0.2) is 53.4 Å². The van der Waals surface area contributed by atoms with E-state index in [1.807, 2.05) is 32.9 Å². The predicted octanol–water partition coefficient (Wildman–Crippen LogP) is 2.85. The highest BCUT2D eigenvalue weighted by Gasteiger charge is 2.22. The number of rotatable bonds is 7. The number of para-hydroxylation sites is 1. The van der Waals surface area contributed by atoms with Gasteiger partial charge in [-0.05, 0) is 54.8 Å². The van der Waals surface area contributed by atoms with Gasteiger partial charge in [-0.3, -0.25) is 9.52 Å². The molecular weight excluding hydrogens is 362 g/mol. The summed E-state index contributed by atoms with van der Waals surface area (Å²) in [6, 6.07) is 13.1. The van der Waals surface area contributed by atoms with Crippen molar-refractivity contribution in [3.05, 3.63) is 59.7 Å². The Kier molecular flexibility index (Phi) is 6.28. The Bertz CT molecular complexity index is 906. The number of aryl methyl sites for hydroxylation is 1. The first-order valence-corrected chi connectivity index (χ1v) is 10.2. The van der Waals surface area contributed by atoms with Crippen LogP contribution in [0.5, 0.6) is 0 Å². The molecule has 0 radical (unpaired) electrons. The van der Waals surface area contributed by atoms with Crippen LogP contribution in [-0.4, -0.2) is 39.4 Å². The van der Waals surface area contributed by atoms with Crippen molar-refractivity contribution >= 4 is 21.6 Å². The topological polar surface area (TPSA) is 92.5 Å². The van der Waals surface area contributed by atoms with Crippen LogP contribution in [0.2, 0.25) is 0 Å². The number of amides is 1. The Hall–Kier alpha value is -2.38. The van der Waals surface area contributed by atoms with Gasteiger partial charge in [-0.25, -0.2) is 8.42 Å². The van der Waals surface area contributed by atoms with Crippen molar-refractivity contribution in [3.8, 4) is 0 Å². The summed E-state index contributed by atoms with van der Waals surface area (Å²) < 4.78 is 27.7. The first kappa shape index (κ1) is 20.9. The van der Waals surface area contributed by atoms with Crippen LogP contribution in [0.1, 0.15) is 29.8 Å². The van der Waals surface area contributed by atoms with Gasteiger partial charge in [-0.1, -0.05) is 32.0 Å². The molecule has 2 aromatic rings. The van der Waals surface area contributed by atoms with Crippen LogP contribution in [0.3, 0.4) is 0 Å². The number of carbonyl (C=O) groups is 1. The lowest BCUT2D eigenvalue weighted by molar-refractivity contribution is 0.0740. The predicted molar refractivity (Wildman–Crippen MR) is 108 cm³/mol. The van der Waals surface area contributed by atoms with Crippen molar-refractivity contribution < 1.29 is 13.2 Å². The Labute approximate surface area is 161 Å². The van der Waals surface area contributed by atoms with Crippen LogP contribution in [0.25, 0.3) is 0 Å². The summed E-state index contributed by atoms with van der Waals surface area (Å²) in [5.41, 5.74) is 7.32. The number of nitrogens with one attached hydrogen (secondary N) is 1. The molecule has 146 valence electrons. The molecule has 0 saturated heterocycles. The summed E-state index contributed by atoms with van der Waals surface area (Å²) >= 11 is 0. The fourth-order valence-corrected chi connectivity index (χ4v) is 3.80. The highest BCUT2D eigenvalue weighted by Crippen LogP contribution is 2.20. The summed E-state index contributed by atoms with van der Waals surface area (Å²) in [6.07, 6.45) is 0. The van der Waals surface area contributed by atoms with E-state index in [1.54, 1.807) is 24.1 Å². The molecular formula is C20H27N3O3S. The van der Waals surface area contributed by atoms with E-state index >= 15 is 0 Å². The molecule has 1 amide bonds. The minimum atomic E-state index is -3.72. The second kappa shape index (κ2) is 8.10. The summed E-state index contributed by atoms with van der Waals surface area (Å²) in [5.74, 6) is -0.174. The second-order valence-electron chi connectivity index (χ2n) is 7.47. The van der Waals surface area contributed by atoms with E-state index in [0.717, 1.165) is 5.56 Å². The monoisotopic (exact) mass is 389 g/mol. The van der Waals surface area contributed by atoms with E-state index in [4.69, 9.17) is 5.73 Å². The van der Waals surface area contributed by atoms with Crippen molar-refractivity contribution in [1.29, 1.82) is 0 Å². The molecule has 0 spiro atoms. The zero-order valence-electron chi connectivity index (χ0n) is 16.2. The number of sulfonamides is 1. The number of benzene rings is 2. The van der Waals surface area contributed by atoms with E-state index in [-0.39, 0.29) is 16.2 Å². The summed E-state index contributed by atoms with van der Waals surface area (Å²) in [6.45, 7) is 6.79. The zero-order chi connectivity index (χ0) is 20.2. The van der Waals surface area contributed by atoms with E-state index in [0.29, 0.717) is 24.3 Å². The summed E-state index contributed by atoms with van der Waals surface area (Å²) in [5, 5.41) is 0. The molecule has 27 heavy (non-hydrogen) atoms. The molecule has 0 fully saturated rings. The fourth-order valence-electron chi connectivity index (χ4n) is 2.67. The molecule has 0 aliphatic heterocycles. The maximum absolute atomic E-state index is 12.6. The Balaban J connectivity index is 2.16. The maximum Gasteiger partial charge on any atom is 0.261 e. The molecule has 3 N–H and O–H groups in total. The van der Waals surface area contributed by atoms with Crippen molar-refractivity contribution in [1.82, 2.24) is 4.90 Å². The van der Waals surface area contributed by atoms with Gasteiger partial charge in [-0.15, -0.1) is 0 Å². The third-order valence-electron chi connectivity index (χ3n) is 4.37. The third kappa shape index (κ3) is 5.30. The van der Waals surface area contributed by atoms with E-state index < -0.39 is 10.0 Å². The van der Waals surface area contributed by atoms with Crippen LogP contribution >= 0.6 is 0 Å². The molecule has 0 aromatic heterocycles. The van der Waals surface area contributed by atoms with E-state index in [9.17, 15) is 13.2 Å². The Morgan fingerprint density at radius 2 is 1.70 bits per heavy atom. The van der Waals surface area contributed by atoms with E-state index in [1.165, 1.54) is 24.3 Å². The second-order valence-corrected chi connectivity index (χ2v) is 9.16. The summed E-state index contributed by atoms with van der Waals surface area (Å²) in [7, 11) is -2.01. The lowest BCUT2D eigenvalue weighted by atomic mass is 9.93. The number of anilines is 1. The number of hydrogen-bond acceptors (Lipinski definition) is 4. The molecule has 2 aromatic carbocycles. The smallest absolute Gasteiger partial charge is 0.261 e. The molecule has 0 heterocycles. The standard InChI is InChI=1S/C20H27N3O3S/c1-15-7-5-6-8-18(15)22-27(25,26)17-11-9-16(10-12-17)19(24)23(4)14-20(2,3)13-21/h5-12,22H,13-14,21H2,1-4H3. The number of carbonyl (C=O) groups excluding carboxylic acids is 1. The molecule has 0 bridgehead atoms. The lowest BCUT2D eigenvalue weighted by Crippen LogP contribution is -2.39.